The summed E-state index contributed by atoms with van der Waals surface area (Å²) >= 11 is 0. The fourth-order valence-corrected chi connectivity index (χ4v) is 5.18. The van der Waals surface area contributed by atoms with E-state index in [1.807, 2.05) is 66.7 Å². The van der Waals surface area contributed by atoms with Crippen molar-refractivity contribution in [3.8, 4) is 0 Å². The van der Waals surface area contributed by atoms with Crippen LogP contribution < -0.4 is 0 Å². The van der Waals surface area contributed by atoms with Crippen molar-refractivity contribution in [2.75, 3.05) is 14.2 Å². The number of ether oxygens (including phenoxy) is 2. The van der Waals surface area contributed by atoms with Gasteiger partial charge < -0.3 is 9.47 Å². The Morgan fingerprint density at radius 3 is 2.16 bits per heavy atom. The maximum Gasteiger partial charge on any atom is 0.338 e. The second kappa shape index (κ2) is 9.45. The van der Waals surface area contributed by atoms with E-state index in [4.69, 9.17) is 14.5 Å². The third-order valence-electron chi connectivity index (χ3n) is 6.95. The van der Waals surface area contributed by atoms with E-state index in [-0.39, 0.29) is 5.57 Å². The molecular weight excluding hydrogens is 474 g/mol. The number of esters is 2. The number of methoxy groups -OCH3 is 2. The van der Waals surface area contributed by atoms with Gasteiger partial charge in [0.05, 0.1) is 25.5 Å². The molecule has 0 aliphatic carbocycles. The van der Waals surface area contributed by atoms with Crippen LogP contribution in [0.4, 0.5) is 5.69 Å². The van der Waals surface area contributed by atoms with Crippen LogP contribution in [0.3, 0.4) is 0 Å². The zero-order valence-electron chi connectivity index (χ0n) is 20.9. The number of fused-ring (bicyclic) bond motifs is 1. The molecule has 6 rings (SSSR count). The summed E-state index contributed by atoms with van der Waals surface area (Å²) in [6.45, 7) is 0. The van der Waals surface area contributed by atoms with Crippen molar-refractivity contribution < 1.29 is 19.1 Å². The van der Waals surface area contributed by atoms with Gasteiger partial charge >= 0.3 is 11.9 Å². The lowest BCUT2D eigenvalue weighted by atomic mass is 9.87. The molecule has 0 aliphatic heterocycles. The molecule has 0 amide bonds. The minimum atomic E-state index is -0.646. The summed E-state index contributed by atoms with van der Waals surface area (Å²) in [4.78, 5) is 30.2. The lowest BCUT2D eigenvalue weighted by Gasteiger charge is -2.17. The fourth-order valence-electron chi connectivity index (χ4n) is 5.18. The van der Waals surface area contributed by atoms with Crippen molar-refractivity contribution in [3.05, 3.63) is 108 Å². The van der Waals surface area contributed by atoms with E-state index >= 15 is 0 Å². The maximum atomic E-state index is 13.0. The van der Waals surface area contributed by atoms with Gasteiger partial charge in [-0.1, -0.05) is 78.9 Å². The average molecular weight is 498 g/mol. The highest BCUT2D eigenvalue weighted by Gasteiger charge is 2.22. The van der Waals surface area contributed by atoms with E-state index in [0.717, 1.165) is 48.8 Å². The maximum absolute atomic E-state index is 13.0. The molecule has 0 aromatic heterocycles. The van der Waals surface area contributed by atoms with Crippen LogP contribution in [0, 0.1) is 0 Å². The molecule has 184 valence electrons. The molecule has 0 bridgehead atoms. The van der Waals surface area contributed by atoms with Crippen LogP contribution in [0.15, 0.2) is 102 Å². The Hall–Kier alpha value is -5.03. The highest BCUT2D eigenvalue weighted by Crippen LogP contribution is 2.39. The predicted molar refractivity (Wildman–Crippen MR) is 153 cm³/mol. The lowest BCUT2D eigenvalue weighted by Crippen LogP contribution is -2.10. The summed E-state index contributed by atoms with van der Waals surface area (Å²) in [5.74, 6) is -1.28. The van der Waals surface area contributed by atoms with Gasteiger partial charge in [-0.15, -0.1) is 0 Å². The Balaban J connectivity index is 1.69. The van der Waals surface area contributed by atoms with E-state index in [0.29, 0.717) is 11.1 Å². The largest absolute Gasteiger partial charge is 0.466 e. The first-order chi connectivity index (χ1) is 18.6. The van der Waals surface area contributed by atoms with Gasteiger partial charge in [-0.2, -0.15) is 0 Å². The monoisotopic (exact) mass is 497 g/mol. The van der Waals surface area contributed by atoms with Crippen LogP contribution in [0.1, 0.15) is 11.1 Å². The number of nitrogens with zero attached hydrogens (tertiary/aromatic N) is 1. The normalized spacial score (nSPS) is 12.2. The summed E-state index contributed by atoms with van der Waals surface area (Å²) in [6, 6.07) is 30.4. The van der Waals surface area contributed by atoms with E-state index in [9.17, 15) is 9.59 Å². The number of carbonyl (C=O) groups excluding carboxylic acids is 2. The summed E-state index contributed by atoms with van der Waals surface area (Å²) in [6.07, 6.45) is 2.95. The third-order valence-corrected chi connectivity index (χ3v) is 6.95. The smallest absolute Gasteiger partial charge is 0.338 e. The Bertz CT molecular complexity index is 1910. The molecule has 0 heterocycles. The van der Waals surface area contributed by atoms with Gasteiger partial charge in [0.1, 0.15) is 0 Å². The second-order valence-corrected chi connectivity index (χ2v) is 9.02. The Kier molecular flexibility index (Phi) is 5.81. The van der Waals surface area contributed by atoms with Crippen molar-refractivity contribution in [1.82, 2.24) is 0 Å². The van der Waals surface area contributed by atoms with Crippen molar-refractivity contribution in [1.29, 1.82) is 0 Å². The minimum Gasteiger partial charge on any atom is -0.466 e. The summed E-state index contributed by atoms with van der Waals surface area (Å²) in [7, 11) is 2.57. The highest BCUT2D eigenvalue weighted by molar-refractivity contribution is 6.30. The van der Waals surface area contributed by atoms with Gasteiger partial charge in [0.2, 0.25) is 0 Å². The van der Waals surface area contributed by atoms with Crippen LogP contribution in [0.25, 0.3) is 48.7 Å². The molecule has 6 aromatic rings. The quantitative estimate of drug-likeness (QED) is 0.109. The molecule has 0 atom stereocenters. The molecule has 0 fully saturated rings. The average Bonchev–Trinajstić information content (AvgIpc) is 2.97. The SMILES string of the molecule is COC(=O)/C=C(\C(=O)OC)c1cc2ccc3cccc4ccc(c1C=Nc1cccc5ccccc15)c2c34. The topological polar surface area (TPSA) is 65.0 Å². The van der Waals surface area contributed by atoms with E-state index in [1.165, 1.54) is 20.3 Å². The van der Waals surface area contributed by atoms with Crippen molar-refractivity contribution in [2.24, 2.45) is 4.99 Å². The number of aliphatic imine (C=N–C) groups is 1. The molecule has 0 aliphatic rings. The molecule has 0 saturated carbocycles. The molecule has 5 heteroatoms. The van der Waals surface area contributed by atoms with Gasteiger partial charge in [-0.25, -0.2) is 9.59 Å². The van der Waals surface area contributed by atoms with Gasteiger partial charge in [0, 0.05) is 23.2 Å². The van der Waals surface area contributed by atoms with Crippen LogP contribution in [-0.4, -0.2) is 32.4 Å². The minimum absolute atomic E-state index is 0.101. The third kappa shape index (κ3) is 3.85. The van der Waals surface area contributed by atoms with Gasteiger partial charge in [-0.3, -0.25) is 4.99 Å². The van der Waals surface area contributed by atoms with Gasteiger partial charge in [0.25, 0.3) is 0 Å². The number of carbonyl (C=O) groups is 2. The fraction of sp³-hybridized carbons (Fsp3) is 0.0606. The van der Waals surface area contributed by atoms with E-state index in [1.54, 1.807) is 6.21 Å². The van der Waals surface area contributed by atoms with Crippen LogP contribution in [0.5, 0.6) is 0 Å². The van der Waals surface area contributed by atoms with Crippen molar-refractivity contribution in [3.63, 3.8) is 0 Å². The Morgan fingerprint density at radius 1 is 0.684 bits per heavy atom. The zero-order chi connectivity index (χ0) is 26.2. The summed E-state index contributed by atoms with van der Waals surface area (Å²) < 4.78 is 9.93. The Morgan fingerprint density at radius 2 is 1.37 bits per heavy atom. The van der Waals surface area contributed by atoms with E-state index < -0.39 is 11.9 Å². The van der Waals surface area contributed by atoms with Crippen molar-refractivity contribution in [2.45, 2.75) is 0 Å². The Labute approximate surface area is 219 Å². The first-order valence-corrected chi connectivity index (χ1v) is 12.2. The molecule has 0 N–H and O–H groups in total. The standard InChI is InChI=1S/C33H23NO4/c1-37-30(35)18-27(33(36)38-2)26-17-23-14-13-21-9-5-10-22-15-16-25(32(23)31(21)22)28(26)19-34-29-12-6-8-20-7-3-4-11-24(20)29/h3-19H,1-2H3/b27-18-,34-19?. The highest BCUT2D eigenvalue weighted by atomic mass is 16.5. The molecule has 6 aromatic carbocycles. The molecule has 0 saturated heterocycles. The van der Waals surface area contributed by atoms with Crippen molar-refractivity contribution >= 4 is 72.5 Å². The first-order valence-electron chi connectivity index (χ1n) is 12.2. The number of hydrogen-bond donors (Lipinski definition) is 0. The van der Waals surface area contributed by atoms with E-state index in [2.05, 4.69) is 24.3 Å². The molecule has 38 heavy (non-hydrogen) atoms. The molecule has 0 unspecified atom stereocenters. The number of hydrogen-bond acceptors (Lipinski definition) is 5. The second-order valence-electron chi connectivity index (χ2n) is 9.02. The van der Waals surface area contributed by atoms with Crippen LogP contribution in [0.2, 0.25) is 0 Å². The van der Waals surface area contributed by atoms with Crippen LogP contribution >= 0.6 is 0 Å². The predicted octanol–water partition coefficient (Wildman–Crippen LogP) is 7.22. The molecular formula is C33H23NO4. The lowest BCUT2D eigenvalue weighted by molar-refractivity contribution is -0.136. The molecule has 0 spiro atoms. The molecule has 0 radical (unpaired) electrons. The summed E-state index contributed by atoms with van der Waals surface area (Å²) in [5.41, 5.74) is 2.15. The zero-order valence-corrected chi connectivity index (χ0v) is 20.9. The summed E-state index contributed by atoms with van der Waals surface area (Å²) in [5, 5.41) is 8.44. The number of rotatable bonds is 5. The number of benzene rings is 6. The first kappa shape index (κ1) is 23.4. The molecule has 5 nitrogen and oxygen atoms in total. The van der Waals surface area contributed by atoms with Crippen LogP contribution in [-0.2, 0) is 19.1 Å². The van der Waals surface area contributed by atoms with Gasteiger partial charge in [-0.05, 0) is 55.4 Å². The van der Waals surface area contributed by atoms with Gasteiger partial charge in [0.15, 0.2) is 0 Å².